The van der Waals surface area contributed by atoms with Gasteiger partial charge in [-0.2, -0.15) is 5.26 Å². The Hall–Kier alpha value is -1.08. The Morgan fingerprint density at radius 3 is 2.41 bits per heavy atom. The van der Waals surface area contributed by atoms with Crippen LogP contribution in [0.3, 0.4) is 0 Å². The quantitative estimate of drug-likeness (QED) is 0.577. The molecule has 0 aliphatic heterocycles. The van der Waals surface area contributed by atoms with Gasteiger partial charge in [0.2, 0.25) is 0 Å². The van der Waals surface area contributed by atoms with Crippen molar-refractivity contribution in [3.63, 3.8) is 0 Å². The summed E-state index contributed by atoms with van der Waals surface area (Å²) in [4.78, 5) is 14.7. The van der Waals surface area contributed by atoms with E-state index in [1.54, 1.807) is 0 Å². The van der Waals surface area contributed by atoms with Crippen LogP contribution in [0, 0.1) is 28.6 Å². The third-order valence-electron chi connectivity index (χ3n) is 5.26. The molecule has 2 rings (SSSR count). The number of hydrogen-bond acceptors (Lipinski definition) is 4. The van der Waals surface area contributed by atoms with E-state index in [0.717, 1.165) is 6.54 Å². The zero-order valence-corrected chi connectivity index (χ0v) is 14.7. The number of nitriles is 1. The summed E-state index contributed by atoms with van der Waals surface area (Å²) < 4.78 is 5.57. The fraction of sp³-hybridized carbons (Fsp3) is 0.889. The van der Waals surface area contributed by atoms with Crippen molar-refractivity contribution >= 4 is 5.97 Å². The highest BCUT2D eigenvalue weighted by atomic mass is 16.6. The summed E-state index contributed by atoms with van der Waals surface area (Å²) in [5.74, 6) is 0.191. The fourth-order valence-electron chi connectivity index (χ4n) is 3.87. The molecule has 0 aromatic rings. The van der Waals surface area contributed by atoms with E-state index in [9.17, 15) is 4.79 Å². The SMILES string of the molecule is CC(C)(C)OC(=O)[C@H]1[C@H](CN(CC#N)C2CCCC2)C1(C)C. The van der Waals surface area contributed by atoms with Crippen LogP contribution in [0.15, 0.2) is 0 Å². The predicted molar refractivity (Wildman–Crippen MR) is 86.0 cm³/mol. The van der Waals surface area contributed by atoms with Crippen molar-refractivity contribution in [3.8, 4) is 6.07 Å². The van der Waals surface area contributed by atoms with Crippen LogP contribution in [0.5, 0.6) is 0 Å². The largest absolute Gasteiger partial charge is 0.460 e. The molecule has 0 unspecified atom stereocenters. The van der Waals surface area contributed by atoms with Gasteiger partial charge in [-0.15, -0.1) is 0 Å². The number of hydrogen-bond donors (Lipinski definition) is 0. The van der Waals surface area contributed by atoms with Crippen LogP contribution >= 0.6 is 0 Å². The maximum absolute atomic E-state index is 12.4. The molecular weight excluding hydrogens is 276 g/mol. The van der Waals surface area contributed by atoms with Crippen LogP contribution in [-0.2, 0) is 9.53 Å². The standard InChI is InChI=1S/C18H30N2O2/c1-17(2,3)22-16(21)15-14(18(15,4)5)12-20(11-10-19)13-8-6-7-9-13/h13-15H,6-9,11-12H2,1-5H3/t14-,15+/m0/s1. The molecule has 0 radical (unpaired) electrons. The summed E-state index contributed by atoms with van der Waals surface area (Å²) in [6.07, 6.45) is 4.89. The topological polar surface area (TPSA) is 53.3 Å². The van der Waals surface area contributed by atoms with Gasteiger partial charge in [0.25, 0.3) is 0 Å². The molecule has 0 N–H and O–H groups in total. The highest BCUT2D eigenvalue weighted by molar-refractivity contribution is 5.78. The first-order chi connectivity index (χ1) is 10.2. The lowest BCUT2D eigenvalue weighted by Gasteiger charge is -2.26. The maximum Gasteiger partial charge on any atom is 0.310 e. The number of nitrogens with zero attached hydrogens (tertiary/aromatic N) is 2. The zero-order valence-electron chi connectivity index (χ0n) is 14.7. The van der Waals surface area contributed by atoms with Crippen molar-refractivity contribution in [2.75, 3.05) is 13.1 Å². The number of carbonyl (C=O) groups excluding carboxylic acids is 1. The fourth-order valence-corrected chi connectivity index (χ4v) is 3.87. The van der Waals surface area contributed by atoms with E-state index in [1.165, 1.54) is 25.7 Å². The van der Waals surface area contributed by atoms with Crippen molar-refractivity contribution in [2.45, 2.75) is 71.9 Å². The first-order valence-corrected chi connectivity index (χ1v) is 8.50. The molecule has 0 heterocycles. The van der Waals surface area contributed by atoms with Gasteiger partial charge < -0.3 is 4.74 Å². The molecule has 0 spiro atoms. The second-order valence-corrected chi connectivity index (χ2v) is 8.46. The summed E-state index contributed by atoms with van der Waals surface area (Å²) in [7, 11) is 0. The molecule has 0 saturated heterocycles. The molecule has 0 aromatic carbocycles. The zero-order chi connectivity index (χ0) is 16.5. The van der Waals surface area contributed by atoms with Gasteiger partial charge in [-0.3, -0.25) is 9.69 Å². The molecule has 124 valence electrons. The normalized spacial score (nSPS) is 27.7. The minimum absolute atomic E-state index is 0.0192. The summed E-state index contributed by atoms with van der Waals surface area (Å²) in [6, 6.07) is 2.82. The van der Waals surface area contributed by atoms with Crippen molar-refractivity contribution < 1.29 is 9.53 Å². The smallest absolute Gasteiger partial charge is 0.310 e. The van der Waals surface area contributed by atoms with Crippen LogP contribution in [0.2, 0.25) is 0 Å². The molecule has 2 saturated carbocycles. The lowest BCUT2D eigenvalue weighted by molar-refractivity contribution is -0.157. The molecule has 4 nitrogen and oxygen atoms in total. The van der Waals surface area contributed by atoms with Gasteiger partial charge in [-0.1, -0.05) is 26.7 Å². The van der Waals surface area contributed by atoms with Gasteiger partial charge in [-0.05, 0) is 44.9 Å². The van der Waals surface area contributed by atoms with Crippen molar-refractivity contribution in [1.82, 2.24) is 4.90 Å². The summed E-state index contributed by atoms with van der Waals surface area (Å²) >= 11 is 0. The number of carbonyl (C=O) groups is 1. The van der Waals surface area contributed by atoms with E-state index < -0.39 is 5.60 Å². The first-order valence-electron chi connectivity index (χ1n) is 8.50. The Morgan fingerprint density at radius 2 is 1.91 bits per heavy atom. The Morgan fingerprint density at radius 1 is 1.32 bits per heavy atom. The average Bonchev–Trinajstić information content (AvgIpc) is 2.78. The minimum atomic E-state index is -0.432. The number of ether oxygens (including phenoxy) is 1. The predicted octanol–water partition coefficient (Wildman–Crippen LogP) is 3.37. The van der Waals surface area contributed by atoms with E-state index in [-0.39, 0.29) is 17.3 Å². The van der Waals surface area contributed by atoms with Crippen LogP contribution in [0.25, 0.3) is 0 Å². The highest BCUT2D eigenvalue weighted by Crippen LogP contribution is 2.59. The molecule has 0 bridgehead atoms. The molecule has 2 aliphatic carbocycles. The minimum Gasteiger partial charge on any atom is -0.460 e. The lowest BCUT2D eigenvalue weighted by Crippen LogP contribution is -2.36. The van der Waals surface area contributed by atoms with Crippen molar-refractivity contribution in [1.29, 1.82) is 5.26 Å². The third-order valence-corrected chi connectivity index (χ3v) is 5.26. The van der Waals surface area contributed by atoms with Crippen molar-refractivity contribution in [2.24, 2.45) is 17.3 Å². The number of esters is 1. The molecule has 2 fully saturated rings. The van der Waals surface area contributed by atoms with Crippen LogP contribution in [0.1, 0.15) is 60.3 Å². The van der Waals surface area contributed by atoms with Gasteiger partial charge in [0, 0.05) is 12.6 Å². The van der Waals surface area contributed by atoms with Gasteiger partial charge >= 0.3 is 5.97 Å². The van der Waals surface area contributed by atoms with Crippen molar-refractivity contribution in [3.05, 3.63) is 0 Å². The first kappa shape index (κ1) is 17.3. The molecular formula is C18H30N2O2. The van der Waals surface area contributed by atoms with Gasteiger partial charge in [0.05, 0.1) is 18.5 Å². The van der Waals surface area contributed by atoms with Gasteiger partial charge in [-0.25, -0.2) is 0 Å². The summed E-state index contributed by atoms with van der Waals surface area (Å²) in [6.45, 7) is 11.3. The molecule has 4 heteroatoms. The second kappa shape index (κ2) is 6.20. The van der Waals surface area contributed by atoms with Gasteiger partial charge in [0.15, 0.2) is 0 Å². The summed E-state index contributed by atoms with van der Waals surface area (Å²) in [5.41, 5.74) is -0.452. The Kier molecular flexibility index (Phi) is 4.87. The van der Waals surface area contributed by atoms with E-state index >= 15 is 0 Å². The van der Waals surface area contributed by atoms with E-state index in [0.29, 0.717) is 18.5 Å². The molecule has 2 aliphatic rings. The number of rotatable bonds is 5. The Balaban J connectivity index is 1.99. The van der Waals surface area contributed by atoms with E-state index in [4.69, 9.17) is 10.00 Å². The van der Waals surface area contributed by atoms with E-state index in [2.05, 4.69) is 24.8 Å². The molecule has 0 aromatic heterocycles. The third kappa shape index (κ3) is 3.81. The van der Waals surface area contributed by atoms with Crippen LogP contribution in [0.4, 0.5) is 0 Å². The summed E-state index contributed by atoms with van der Waals surface area (Å²) in [5, 5.41) is 9.11. The Labute approximate surface area is 134 Å². The molecule has 22 heavy (non-hydrogen) atoms. The van der Waals surface area contributed by atoms with Gasteiger partial charge in [0.1, 0.15) is 5.60 Å². The van der Waals surface area contributed by atoms with E-state index in [1.807, 2.05) is 20.8 Å². The monoisotopic (exact) mass is 306 g/mol. The second-order valence-electron chi connectivity index (χ2n) is 8.46. The Bertz CT molecular complexity index is 453. The average molecular weight is 306 g/mol. The maximum atomic E-state index is 12.4. The molecule has 0 amide bonds. The van der Waals surface area contributed by atoms with Crippen LogP contribution in [-0.4, -0.2) is 35.6 Å². The lowest BCUT2D eigenvalue weighted by atomic mass is 10.1. The van der Waals surface area contributed by atoms with Crippen LogP contribution < -0.4 is 0 Å². The molecule has 2 atom stereocenters. The highest BCUT2D eigenvalue weighted by Gasteiger charge is 2.63.